The van der Waals surface area contributed by atoms with Gasteiger partial charge in [0.1, 0.15) is 23.9 Å². The highest BCUT2D eigenvalue weighted by atomic mass is 16.4. The van der Waals surface area contributed by atoms with Crippen molar-refractivity contribution in [3.63, 3.8) is 0 Å². The molecule has 3 atom stereocenters. The minimum atomic E-state index is -1.23. The van der Waals surface area contributed by atoms with Crippen LogP contribution in [0.25, 0.3) is 0 Å². The van der Waals surface area contributed by atoms with Crippen molar-refractivity contribution in [3.05, 3.63) is 42.5 Å². The van der Waals surface area contributed by atoms with E-state index < -0.39 is 42.5 Å². The number of rotatable bonds is 12. The Hall–Kier alpha value is -3.89. The number of carbonyl (C=O) groups is 5. The van der Waals surface area contributed by atoms with Crippen molar-refractivity contribution < 1.29 is 34.2 Å². The van der Waals surface area contributed by atoms with Crippen LogP contribution >= 0.6 is 0 Å². The van der Waals surface area contributed by atoms with E-state index in [4.69, 9.17) is 0 Å². The first-order valence-electron chi connectivity index (χ1n) is 13.0. The van der Waals surface area contributed by atoms with Gasteiger partial charge in [0.05, 0.1) is 6.54 Å². The highest BCUT2D eigenvalue weighted by molar-refractivity contribution is 5.94. The van der Waals surface area contributed by atoms with Crippen molar-refractivity contribution in [2.45, 2.75) is 69.5 Å². The first-order chi connectivity index (χ1) is 18.2. The number of nitrogens with one attached hydrogen (secondary N) is 2. The molecule has 11 heteroatoms. The van der Waals surface area contributed by atoms with E-state index in [1.54, 1.807) is 23.1 Å². The number of hydrogen-bond donors (Lipinski definition) is 4. The number of phenols is 1. The third-order valence-corrected chi connectivity index (χ3v) is 6.93. The highest BCUT2D eigenvalue weighted by Gasteiger charge is 2.41. The Morgan fingerprint density at radius 1 is 1.03 bits per heavy atom. The maximum absolute atomic E-state index is 13.3. The van der Waals surface area contributed by atoms with Gasteiger partial charge in [-0.05, 0) is 56.2 Å². The lowest BCUT2D eigenvalue weighted by atomic mass is 10.1. The molecule has 0 unspecified atom stereocenters. The standard InChI is InChI=1S/C27H36N4O7/c1-2-3-4-9-24(34)30-14-6-8-22(30)26(36)31-15-5-7-21(31)25(35)28-17-23(33)29-20(27(37)38)16-18-10-12-19(32)13-11-18/h2,10-13,20-22,32H,1,3-9,14-17H2,(H,28,35)(H,29,33)(H,37,38)/t20-,21-,22-/m0/s1. The van der Waals surface area contributed by atoms with Crippen LogP contribution < -0.4 is 10.6 Å². The molecule has 0 radical (unpaired) electrons. The number of carbonyl (C=O) groups excluding carboxylic acids is 4. The zero-order valence-corrected chi connectivity index (χ0v) is 21.4. The van der Waals surface area contributed by atoms with E-state index in [2.05, 4.69) is 17.2 Å². The zero-order chi connectivity index (χ0) is 27.7. The SMILES string of the molecule is C=CCCCC(=O)N1CCC[C@H]1C(=O)N1CCC[C@H]1C(=O)NCC(=O)N[C@@H](Cc1ccc(O)cc1)C(=O)O. The summed E-state index contributed by atoms with van der Waals surface area (Å²) >= 11 is 0. The normalized spacial score (nSPS) is 19.6. The number of aliphatic carboxylic acids is 1. The number of nitrogens with zero attached hydrogens (tertiary/aromatic N) is 2. The molecule has 206 valence electrons. The van der Waals surface area contributed by atoms with Crippen LogP contribution in [0, 0.1) is 0 Å². The van der Waals surface area contributed by atoms with Gasteiger partial charge in [-0.25, -0.2) is 4.79 Å². The van der Waals surface area contributed by atoms with Crippen LogP contribution in [-0.4, -0.2) is 87.4 Å². The molecule has 0 aliphatic carbocycles. The molecule has 2 aliphatic rings. The van der Waals surface area contributed by atoms with E-state index in [0.29, 0.717) is 50.8 Å². The Balaban J connectivity index is 1.53. The Labute approximate surface area is 221 Å². The molecule has 0 spiro atoms. The molecule has 0 aromatic heterocycles. The fraction of sp³-hybridized carbons (Fsp3) is 0.519. The number of phenolic OH excluding ortho intramolecular Hbond substituents is 1. The van der Waals surface area contributed by atoms with Gasteiger partial charge in [-0.2, -0.15) is 0 Å². The highest BCUT2D eigenvalue weighted by Crippen LogP contribution is 2.26. The minimum Gasteiger partial charge on any atom is -0.508 e. The Bertz CT molecular complexity index is 1040. The Kier molecular flexibility index (Phi) is 10.3. The van der Waals surface area contributed by atoms with Crippen molar-refractivity contribution in [2.75, 3.05) is 19.6 Å². The van der Waals surface area contributed by atoms with Gasteiger partial charge >= 0.3 is 5.97 Å². The van der Waals surface area contributed by atoms with Gasteiger partial charge < -0.3 is 30.6 Å². The molecule has 1 aromatic carbocycles. The predicted molar refractivity (Wildman–Crippen MR) is 138 cm³/mol. The summed E-state index contributed by atoms with van der Waals surface area (Å²) in [6.45, 7) is 4.14. The number of carboxylic acids is 1. The molecule has 2 saturated heterocycles. The second-order valence-corrected chi connectivity index (χ2v) is 9.66. The zero-order valence-electron chi connectivity index (χ0n) is 21.4. The molecular formula is C27H36N4O7. The van der Waals surface area contributed by atoms with Gasteiger partial charge in [-0.1, -0.05) is 18.2 Å². The molecule has 11 nitrogen and oxygen atoms in total. The van der Waals surface area contributed by atoms with E-state index in [1.165, 1.54) is 17.0 Å². The fourth-order valence-corrected chi connectivity index (χ4v) is 4.96. The topological polar surface area (TPSA) is 156 Å². The number of likely N-dealkylation sites (tertiary alicyclic amines) is 2. The van der Waals surface area contributed by atoms with Crippen LogP contribution in [0.3, 0.4) is 0 Å². The van der Waals surface area contributed by atoms with Gasteiger partial charge in [0.15, 0.2) is 0 Å². The molecule has 2 fully saturated rings. The second-order valence-electron chi connectivity index (χ2n) is 9.66. The number of carboxylic acid groups (broad SMARTS) is 1. The number of unbranched alkanes of at least 4 members (excludes halogenated alkanes) is 1. The first kappa shape index (κ1) is 28.7. The van der Waals surface area contributed by atoms with Crippen molar-refractivity contribution in [2.24, 2.45) is 0 Å². The van der Waals surface area contributed by atoms with E-state index >= 15 is 0 Å². The average molecular weight is 529 g/mol. The summed E-state index contributed by atoms with van der Waals surface area (Å²) in [4.78, 5) is 66.0. The van der Waals surface area contributed by atoms with E-state index in [0.717, 1.165) is 12.8 Å². The molecular weight excluding hydrogens is 492 g/mol. The summed E-state index contributed by atoms with van der Waals surface area (Å²) < 4.78 is 0. The third kappa shape index (κ3) is 7.56. The molecule has 4 amide bonds. The van der Waals surface area contributed by atoms with Crippen molar-refractivity contribution in [3.8, 4) is 5.75 Å². The van der Waals surface area contributed by atoms with Crippen molar-refractivity contribution in [1.29, 1.82) is 0 Å². The van der Waals surface area contributed by atoms with Crippen LogP contribution in [0.15, 0.2) is 36.9 Å². The molecule has 1 aromatic rings. The summed E-state index contributed by atoms with van der Waals surface area (Å²) in [6.07, 6.45) is 5.86. The molecule has 2 aliphatic heterocycles. The second kappa shape index (κ2) is 13.6. The molecule has 38 heavy (non-hydrogen) atoms. The molecule has 0 saturated carbocycles. The smallest absolute Gasteiger partial charge is 0.326 e. The van der Waals surface area contributed by atoms with E-state index in [-0.39, 0.29) is 24.0 Å². The number of amides is 4. The number of allylic oxidation sites excluding steroid dienone is 1. The maximum atomic E-state index is 13.3. The van der Waals surface area contributed by atoms with E-state index in [1.807, 2.05) is 0 Å². The summed E-state index contributed by atoms with van der Waals surface area (Å²) in [6, 6.07) is 3.42. The lowest BCUT2D eigenvalue weighted by molar-refractivity contribution is -0.146. The van der Waals surface area contributed by atoms with E-state index in [9.17, 15) is 34.2 Å². The Morgan fingerprint density at radius 2 is 1.68 bits per heavy atom. The van der Waals surface area contributed by atoms with Crippen molar-refractivity contribution >= 4 is 29.6 Å². The minimum absolute atomic E-state index is 0.00437. The predicted octanol–water partition coefficient (Wildman–Crippen LogP) is 0.959. The summed E-state index contributed by atoms with van der Waals surface area (Å²) in [5.41, 5.74) is 0.611. The number of aromatic hydroxyl groups is 1. The van der Waals surface area contributed by atoms with Crippen LogP contribution in [0.4, 0.5) is 0 Å². The fourth-order valence-electron chi connectivity index (χ4n) is 4.96. The van der Waals surface area contributed by atoms with Crippen LogP contribution in [0.5, 0.6) is 5.75 Å². The largest absolute Gasteiger partial charge is 0.508 e. The average Bonchev–Trinajstić information content (AvgIpc) is 3.58. The summed E-state index contributed by atoms with van der Waals surface area (Å²) in [5, 5.41) is 23.8. The lowest BCUT2D eigenvalue weighted by Gasteiger charge is -2.31. The van der Waals surface area contributed by atoms with Crippen LogP contribution in [-0.2, 0) is 30.4 Å². The van der Waals surface area contributed by atoms with Gasteiger partial charge in [-0.15, -0.1) is 6.58 Å². The quantitative estimate of drug-likeness (QED) is 0.232. The number of benzene rings is 1. The van der Waals surface area contributed by atoms with Crippen LogP contribution in [0.2, 0.25) is 0 Å². The monoisotopic (exact) mass is 528 g/mol. The van der Waals surface area contributed by atoms with Crippen LogP contribution in [0.1, 0.15) is 50.5 Å². The first-order valence-corrected chi connectivity index (χ1v) is 13.0. The summed E-state index contributed by atoms with van der Waals surface area (Å²) in [5.74, 6) is -2.67. The maximum Gasteiger partial charge on any atom is 0.326 e. The summed E-state index contributed by atoms with van der Waals surface area (Å²) in [7, 11) is 0. The van der Waals surface area contributed by atoms with Gasteiger partial charge in [0.25, 0.3) is 0 Å². The molecule has 2 heterocycles. The third-order valence-electron chi connectivity index (χ3n) is 6.93. The molecule has 4 N–H and O–H groups in total. The van der Waals surface area contributed by atoms with Crippen molar-refractivity contribution in [1.82, 2.24) is 20.4 Å². The van der Waals surface area contributed by atoms with Gasteiger partial charge in [0.2, 0.25) is 23.6 Å². The number of hydrogen-bond acceptors (Lipinski definition) is 6. The molecule has 3 rings (SSSR count). The van der Waals surface area contributed by atoms with Gasteiger partial charge in [0, 0.05) is 25.9 Å². The van der Waals surface area contributed by atoms with Gasteiger partial charge in [-0.3, -0.25) is 19.2 Å². The Morgan fingerprint density at radius 3 is 2.34 bits per heavy atom. The lowest BCUT2D eigenvalue weighted by Crippen LogP contribution is -2.54. The molecule has 0 bridgehead atoms.